The summed E-state index contributed by atoms with van der Waals surface area (Å²) in [5, 5.41) is 11.9. The maximum atomic E-state index is 14.5. The van der Waals surface area contributed by atoms with Gasteiger partial charge in [0.05, 0.1) is 16.5 Å². The van der Waals surface area contributed by atoms with Crippen molar-refractivity contribution < 1.29 is 0 Å². The third-order valence-electron chi connectivity index (χ3n) is 9.44. The molecule has 3 nitrogen and oxygen atoms in total. The number of hydrogen-bond acceptors (Lipinski definition) is 2. The van der Waals surface area contributed by atoms with Crippen molar-refractivity contribution in [1.29, 1.82) is 0 Å². The summed E-state index contributed by atoms with van der Waals surface area (Å²) in [7, 11) is 0. The van der Waals surface area contributed by atoms with Crippen molar-refractivity contribution in [1.82, 2.24) is 4.57 Å². The van der Waals surface area contributed by atoms with Crippen LogP contribution >= 0.6 is 0 Å². The molecule has 0 amide bonds. The number of benzene rings is 8. The molecule has 0 aliphatic rings. The molecule has 0 aliphatic heterocycles. The first kappa shape index (κ1) is 22.8. The summed E-state index contributed by atoms with van der Waals surface area (Å²) in [5.74, 6) is 0. The molecular formula is C40H21NO2. The summed E-state index contributed by atoms with van der Waals surface area (Å²) >= 11 is 0. The van der Waals surface area contributed by atoms with E-state index in [1.165, 1.54) is 20.7 Å². The van der Waals surface area contributed by atoms with E-state index in [0.29, 0.717) is 16.5 Å². The van der Waals surface area contributed by atoms with Crippen LogP contribution in [0.1, 0.15) is 0 Å². The van der Waals surface area contributed by atoms with Gasteiger partial charge < -0.3 is 0 Å². The van der Waals surface area contributed by atoms with Gasteiger partial charge in [0, 0.05) is 0 Å². The molecule has 1 aromatic heterocycles. The number of para-hydroxylation sites is 1. The third-order valence-corrected chi connectivity index (χ3v) is 9.44. The van der Waals surface area contributed by atoms with Crippen LogP contribution < -0.4 is 11.1 Å². The molecule has 0 spiro atoms. The molecule has 0 saturated carbocycles. The monoisotopic (exact) mass is 547 g/mol. The van der Waals surface area contributed by atoms with Crippen LogP contribution in [0.5, 0.6) is 0 Å². The van der Waals surface area contributed by atoms with Crippen LogP contribution in [0.15, 0.2) is 137 Å². The molecule has 0 saturated heterocycles. The molecule has 10 aromatic rings. The molecule has 198 valence electrons. The fourth-order valence-electron chi connectivity index (χ4n) is 7.71. The first-order chi connectivity index (χ1) is 21.2. The van der Waals surface area contributed by atoms with Gasteiger partial charge in [-0.25, -0.2) is 4.57 Å². The summed E-state index contributed by atoms with van der Waals surface area (Å²) in [4.78, 5) is 28.9. The summed E-state index contributed by atoms with van der Waals surface area (Å²) in [6.07, 6.45) is 0. The van der Waals surface area contributed by atoms with Gasteiger partial charge in [-0.3, -0.25) is 9.59 Å². The molecule has 3 heteroatoms. The van der Waals surface area contributed by atoms with E-state index in [1.807, 2.05) is 66.7 Å². The van der Waals surface area contributed by atoms with E-state index in [2.05, 4.69) is 60.7 Å². The van der Waals surface area contributed by atoms with Crippen LogP contribution in [-0.2, 0) is 0 Å². The molecule has 0 aliphatic carbocycles. The molecule has 0 unspecified atom stereocenters. The smallest absolute Gasteiger partial charge is 0.266 e. The highest BCUT2D eigenvalue weighted by Crippen LogP contribution is 2.53. The number of hydrogen-bond donors (Lipinski definition) is 0. The Bertz CT molecular complexity index is 2610. The Morgan fingerprint density at radius 2 is 0.791 bits per heavy atom. The maximum absolute atomic E-state index is 14.5. The van der Waals surface area contributed by atoms with Crippen molar-refractivity contribution >= 4 is 64.6 Å². The fraction of sp³-hybridized carbons (Fsp3) is 0. The minimum Gasteiger partial charge on any atom is -0.268 e. The second-order valence-electron chi connectivity index (χ2n) is 11.5. The minimum atomic E-state index is -0.268. The van der Waals surface area contributed by atoms with Crippen LogP contribution in [0.2, 0.25) is 0 Å². The third kappa shape index (κ3) is 2.74. The quantitative estimate of drug-likeness (QED) is 0.207. The van der Waals surface area contributed by atoms with E-state index in [1.54, 1.807) is 0 Å². The number of nitrogens with zero attached hydrogens (tertiary/aromatic N) is 1. The summed E-state index contributed by atoms with van der Waals surface area (Å²) in [6.45, 7) is 0. The molecule has 9 aromatic carbocycles. The molecule has 43 heavy (non-hydrogen) atoms. The molecule has 10 rings (SSSR count). The van der Waals surface area contributed by atoms with Gasteiger partial charge in [0.2, 0.25) is 0 Å². The largest absolute Gasteiger partial charge is 0.268 e. The maximum Gasteiger partial charge on any atom is 0.266 e. The first-order valence-electron chi connectivity index (χ1n) is 14.5. The summed E-state index contributed by atoms with van der Waals surface area (Å²) in [5.41, 5.74) is 4.36. The lowest BCUT2D eigenvalue weighted by molar-refractivity contribution is 0.992. The SMILES string of the molecule is O=c1c2c3cc(-c4ccccc4)c4ccc5ccc6c(-c7ccccc7)cc(c2c(=O)n1-c1ccccc1)c1c6c5c4c31. The predicted octanol–water partition coefficient (Wildman–Crippen LogP) is 9.20. The van der Waals surface area contributed by atoms with Crippen molar-refractivity contribution in [3.63, 3.8) is 0 Å². The Hall–Kier alpha value is -5.80. The van der Waals surface area contributed by atoms with E-state index in [4.69, 9.17) is 0 Å². The van der Waals surface area contributed by atoms with Gasteiger partial charge in [-0.1, -0.05) is 103 Å². The van der Waals surface area contributed by atoms with Gasteiger partial charge >= 0.3 is 0 Å². The van der Waals surface area contributed by atoms with Crippen LogP contribution in [0, 0.1) is 0 Å². The average Bonchev–Trinajstić information content (AvgIpc) is 3.56. The first-order valence-corrected chi connectivity index (χ1v) is 14.5. The van der Waals surface area contributed by atoms with Gasteiger partial charge in [0.25, 0.3) is 11.1 Å². The van der Waals surface area contributed by atoms with E-state index < -0.39 is 0 Å². The lowest BCUT2D eigenvalue weighted by Crippen LogP contribution is -2.23. The number of rotatable bonds is 3. The van der Waals surface area contributed by atoms with Gasteiger partial charge in [-0.05, 0) is 100 Å². The predicted molar refractivity (Wildman–Crippen MR) is 179 cm³/mol. The van der Waals surface area contributed by atoms with Crippen LogP contribution in [0.3, 0.4) is 0 Å². The van der Waals surface area contributed by atoms with Crippen molar-refractivity contribution in [3.8, 4) is 27.9 Å². The highest BCUT2D eigenvalue weighted by molar-refractivity contribution is 6.50. The van der Waals surface area contributed by atoms with Crippen molar-refractivity contribution in [2.24, 2.45) is 0 Å². The zero-order valence-corrected chi connectivity index (χ0v) is 22.9. The molecule has 0 radical (unpaired) electrons. The molecule has 0 fully saturated rings. The second-order valence-corrected chi connectivity index (χ2v) is 11.5. The van der Waals surface area contributed by atoms with Gasteiger partial charge in [0.15, 0.2) is 0 Å². The highest BCUT2D eigenvalue weighted by atomic mass is 16.2. The lowest BCUT2D eigenvalue weighted by Gasteiger charge is -2.12. The standard InChI is InChI=1S/C40H21NO2/c42-39-37-30-20-28(22-10-4-1-5-11-22)26-18-16-24-17-19-27-29(23-12-6-2-7-13-23)21-31(36-34(27)32(24)33(26)35(30)36)38(37)40(43)41(39)25-14-8-3-9-15-25/h1-21H. The van der Waals surface area contributed by atoms with Gasteiger partial charge in [-0.2, -0.15) is 0 Å². The van der Waals surface area contributed by atoms with Gasteiger partial charge in [-0.15, -0.1) is 0 Å². The van der Waals surface area contributed by atoms with Crippen LogP contribution in [0.4, 0.5) is 0 Å². The average molecular weight is 548 g/mol. The Morgan fingerprint density at radius 1 is 0.372 bits per heavy atom. The van der Waals surface area contributed by atoms with Crippen molar-refractivity contribution in [2.75, 3.05) is 0 Å². The zero-order valence-electron chi connectivity index (χ0n) is 22.9. The molecule has 0 bridgehead atoms. The summed E-state index contributed by atoms with van der Waals surface area (Å²) in [6, 6.07) is 43.1. The molecule has 0 atom stereocenters. The molecular weight excluding hydrogens is 526 g/mol. The fourth-order valence-corrected chi connectivity index (χ4v) is 7.71. The van der Waals surface area contributed by atoms with E-state index in [0.717, 1.165) is 60.0 Å². The highest BCUT2D eigenvalue weighted by Gasteiger charge is 2.29. The number of fused-ring (bicyclic) bond motifs is 3. The minimum absolute atomic E-state index is 0.268. The van der Waals surface area contributed by atoms with Gasteiger partial charge in [0.1, 0.15) is 0 Å². The van der Waals surface area contributed by atoms with E-state index in [9.17, 15) is 9.59 Å². The Labute approximate surface area is 244 Å². The molecule has 0 N–H and O–H groups in total. The van der Waals surface area contributed by atoms with Crippen molar-refractivity contribution in [3.05, 3.63) is 148 Å². The van der Waals surface area contributed by atoms with E-state index >= 15 is 0 Å². The Morgan fingerprint density at radius 3 is 1.26 bits per heavy atom. The zero-order chi connectivity index (χ0) is 28.4. The van der Waals surface area contributed by atoms with Crippen LogP contribution in [-0.4, -0.2) is 4.57 Å². The lowest BCUT2D eigenvalue weighted by atomic mass is 9.89. The van der Waals surface area contributed by atoms with Crippen LogP contribution in [0.25, 0.3) is 92.6 Å². The summed E-state index contributed by atoms with van der Waals surface area (Å²) < 4.78 is 1.36. The second kappa shape index (κ2) is 7.93. The molecule has 1 heterocycles. The van der Waals surface area contributed by atoms with E-state index in [-0.39, 0.29) is 11.1 Å². The Kier molecular flexibility index (Phi) is 4.21. The number of aromatic nitrogens is 1. The Balaban J connectivity index is 1.55. The normalized spacial score (nSPS) is 12.4. The van der Waals surface area contributed by atoms with Crippen molar-refractivity contribution in [2.45, 2.75) is 0 Å². The topological polar surface area (TPSA) is 39.1 Å².